The Balaban J connectivity index is 1.50. The number of carbonyl (C=O) groups is 1. The summed E-state index contributed by atoms with van der Waals surface area (Å²) >= 11 is 5.87. The van der Waals surface area contributed by atoms with E-state index in [-0.39, 0.29) is 18.2 Å². The molecule has 1 saturated carbocycles. The van der Waals surface area contributed by atoms with Crippen LogP contribution in [0.1, 0.15) is 31.2 Å². The second-order valence-corrected chi connectivity index (χ2v) is 6.59. The molecule has 3 N–H and O–H groups in total. The number of rotatable bonds is 4. The molecule has 1 heterocycles. The fourth-order valence-electron chi connectivity index (χ4n) is 2.86. The largest absolute Gasteiger partial charge is 0.393 e. The van der Waals surface area contributed by atoms with Crippen molar-refractivity contribution in [3.63, 3.8) is 0 Å². The van der Waals surface area contributed by atoms with Gasteiger partial charge in [-0.05, 0) is 43.4 Å². The van der Waals surface area contributed by atoms with E-state index in [4.69, 9.17) is 11.6 Å². The van der Waals surface area contributed by atoms with Crippen molar-refractivity contribution in [3.8, 4) is 0 Å². The van der Waals surface area contributed by atoms with E-state index in [1.807, 2.05) is 24.3 Å². The Morgan fingerprint density at radius 1 is 1.25 bits per heavy atom. The summed E-state index contributed by atoms with van der Waals surface area (Å²) in [5, 5.41) is 20.2. The van der Waals surface area contributed by atoms with Crippen molar-refractivity contribution >= 4 is 23.3 Å². The summed E-state index contributed by atoms with van der Waals surface area (Å²) in [6.45, 7) is 0.612. The quantitative estimate of drug-likeness (QED) is 0.794. The minimum atomic E-state index is -0.234. The van der Waals surface area contributed by atoms with Crippen molar-refractivity contribution in [2.75, 3.05) is 5.32 Å². The Morgan fingerprint density at radius 2 is 1.96 bits per heavy atom. The van der Waals surface area contributed by atoms with Gasteiger partial charge >= 0.3 is 6.03 Å². The lowest BCUT2D eigenvalue weighted by molar-refractivity contribution is 0.118. The van der Waals surface area contributed by atoms with Crippen LogP contribution in [0.15, 0.2) is 36.7 Å². The van der Waals surface area contributed by atoms with Crippen molar-refractivity contribution in [1.29, 1.82) is 0 Å². The van der Waals surface area contributed by atoms with Crippen LogP contribution in [0.25, 0.3) is 0 Å². The maximum Gasteiger partial charge on any atom is 0.319 e. The molecule has 0 atom stereocenters. The smallest absolute Gasteiger partial charge is 0.319 e. The lowest BCUT2D eigenvalue weighted by Gasteiger charge is -2.26. The van der Waals surface area contributed by atoms with Crippen LogP contribution >= 0.6 is 11.6 Å². The molecule has 2 amide bonds. The number of carbonyl (C=O) groups excluding carboxylic acids is 1. The minimum absolute atomic E-state index is 0.123. The number of urea groups is 1. The molecule has 0 unspecified atom stereocenters. The zero-order valence-electron chi connectivity index (χ0n) is 13.3. The standard InChI is InChI=1S/C17H21ClN4O2/c18-13-3-1-12(2-4-13)10-22-11-15(9-19-22)21-17(24)20-14-5-7-16(23)8-6-14/h1-4,9,11,14,16,23H,5-8,10H2,(H2,20,21,24). The van der Waals surface area contributed by atoms with Crippen LogP contribution in [0.4, 0.5) is 10.5 Å². The van der Waals surface area contributed by atoms with Crippen LogP contribution in [0, 0.1) is 0 Å². The van der Waals surface area contributed by atoms with E-state index in [0.717, 1.165) is 31.2 Å². The van der Waals surface area contributed by atoms with Crippen LogP contribution in [-0.2, 0) is 6.54 Å². The van der Waals surface area contributed by atoms with E-state index in [0.29, 0.717) is 17.3 Å². The number of hydrogen-bond donors (Lipinski definition) is 3. The molecule has 1 aromatic heterocycles. The third-order valence-electron chi connectivity index (χ3n) is 4.18. The monoisotopic (exact) mass is 348 g/mol. The molecule has 7 heteroatoms. The molecule has 3 rings (SSSR count). The normalized spacial score (nSPS) is 20.6. The Labute approximate surface area is 145 Å². The number of halogens is 1. The summed E-state index contributed by atoms with van der Waals surface area (Å²) in [4.78, 5) is 12.0. The number of hydrogen-bond acceptors (Lipinski definition) is 3. The van der Waals surface area contributed by atoms with E-state index in [2.05, 4.69) is 15.7 Å². The average molecular weight is 349 g/mol. The SMILES string of the molecule is O=C(Nc1cnn(Cc2ccc(Cl)cc2)c1)NC1CCC(O)CC1. The lowest BCUT2D eigenvalue weighted by Crippen LogP contribution is -2.40. The highest BCUT2D eigenvalue weighted by molar-refractivity contribution is 6.30. The van der Waals surface area contributed by atoms with Gasteiger partial charge < -0.3 is 15.7 Å². The Hall–Kier alpha value is -2.05. The maximum atomic E-state index is 12.0. The summed E-state index contributed by atoms with van der Waals surface area (Å²) < 4.78 is 1.76. The van der Waals surface area contributed by atoms with Gasteiger partial charge in [0.2, 0.25) is 0 Å². The Kier molecular flexibility index (Phi) is 5.37. The highest BCUT2D eigenvalue weighted by atomic mass is 35.5. The van der Waals surface area contributed by atoms with Crippen molar-refractivity contribution in [3.05, 3.63) is 47.2 Å². The fourth-order valence-corrected chi connectivity index (χ4v) is 2.99. The summed E-state index contributed by atoms with van der Waals surface area (Å²) in [6, 6.07) is 7.46. The summed E-state index contributed by atoms with van der Waals surface area (Å²) in [5.41, 5.74) is 1.73. The minimum Gasteiger partial charge on any atom is -0.393 e. The first-order chi connectivity index (χ1) is 11.6. The van der Waals surface area contributed by atoms with Gasteiger partial charge in [0.1, 0.15) is 0 Å². The van der Waals surface area contributed by atoms with Gasteiger partial charge in [0.05, 0.1) is 24.5 Å². The first kappa shape index (κ1) is 16.8. The maximum absolute atomic E-state index is 12.0. The molecule has 1 fully saturated rings. The number of aliphatic hydroxyl groups excluding tert-OH is 1. The zero-order chi connectivity index (χ0) is 16.9. The van der Waals surface area contributed by atoms with Crippen LogP contribution in [0.3, 0.4) is 0 Å². The molecule has 0 bridgehead atoms. The van der Waals surface area contributed by atoms with Crippen LogP contribution in [-0.4, -0.2) is 33.1 Å². The molecule has 1 aromatic carbocycles. The van der Waals surface area contributed by atoms with Gasteiger partial charge in [0, 0.05) is 17.3 Å². The first-order valence-corrected chi connectivity index (χ1v) is 8.49. The van der Waals surface area contributed by atoms with Gasteiger partial charge in [-0.1, -0.05) is 23.7 Å². The molecule has 0 aliphatic heterocycles. The number of benzene rings is 1. The van der Waals surface area contributed by atoms with E-state index in [1.54, 1.807) is 17.1 Å². The van der Waals surface area contributed by atoms with Gasteiger partial charge in [-0.3, -0.25) is 4.68 Å². The molecule has 128 valence electrons. The first-order valence-electron chi connectivity index (χ1n) is 8.11. The van der Waals surface area contributed by atoms with Crippen LogP contribution in [0.5, 0.6) is 0 Å². The average Bonchev–Trinajstić information content (AvgIpc) is 2.99. The van der Waals surface area contributed by atoms with E-state index < -0.39 is 0 Å². The summed E-state index contributed by atoms with van der Waals surface area (Å²) in [5.74, 6) is 0. The highest BCUT2D eigenvalue weighted by Gasteiger charge is 2.20. The van der Waals surface area contributed by atoms with Crippen molar-refractivity contribution in [2.24, 2.45) is 0 Å². The third kappa shape index (κ3) is 4.72. The molecule has 0 radical (unpaired) electrons. The second-order valence-electron chi connectivity index (χ2n) is 6.16. The Bertz CT molecular complexity index is 678. The van der Waals surface area contributed by atoms with Crippen molar-refractivity contribution in [1.82, 2.24) is 15.1 Å². The van der Waals surface area contributed by atoms with Crippen LogP contribution < -0.4 is 10.6 Å². The summed E-state index contributed by atoms with van der Waals surface area (Å²) in [7, 11) is 0. The molecule has 1 aliphatic rings. The van der Waals surface area contributed by atoms with Gasteiger partial charge in [0.15, 0.2) is 0 Å². The number of aromatic nitrogens is 2. The van der Waals surface area contributed by atoms with Gasteiger partial charge in [-0.2, -0.15) is 5.10 Å². The van der Waals surface area contributed by atoms with Crippen LogP contribution in [0.2, 0.25) is 5.02 Å². The molecule has 1 aliphatic carbocycles. The fraction of sp³-hybridized carbons (Fsp3) is 0.412. The number of nitrogens with one attached hydrogen (secondary N) is 2. The number of amides is 2. The number of nitrogens with zero attached hydrogens (tertiary/aromatic N) is 2. The third-order valence-corrected chi connectivity index (χ3v) is 4.43. The molecule has 6 nitrogen and oxygen atoms in total. The zero-order valence-corrected chi connectivity index (χ0v) is 14.0. The van der Waals surface area contributed by atoms with Gasteiger partial charge in [-0.15, -0.1) is 0 Å². The molecular weight excluding hydrogens is 328 g/mol. The van der Waals surface area contributed by atoms with Crippen molar-refractivity contribution in [2.45, 2.75) is 44.4 Å². The molecule has 0 saturated heterocycles. The number of aliphatic hydroxyl groups is 1. The van der Waals surface area contributed by atoms with Gasteiger partial charge in [0.25, 0.3) is 0 Å². The summed E-state index contributed by atoms with van der Waals surface area (Å²) in [6.07, 6.45) is 6.29. The molecular formula is C17H21ClN4O2. The highest BCUT2D eigenvalue weighted by Crippen LogP contribution is 2.18. The molecule has 2 aromatic rings. The van der Waals surface area contributed by atoms with Crippen molar-refractivity contribution < 1.29 is 9.90 Å². The number of anilines is 1. The predicted octanol–water partition coefficient (Wildman–Crippen LogP) is 3.01. The molecule has 24 heavy (non-hydrogen) atoms. The predicted molar refractivity (Wildman–Crippen MR) is 93.2 cm³/mol. The van der Waals surface area contributed by atoms with Gasteiger partial charge in [-0.25, -0.2) is 4.79 Å². The van der Waals surface area contributed by atoms with E-state index in [9.17, 15) is 9.90 Å². The Morgan fingerprint density at radius 3 is 2.67 bits per heavy atom. The second kappa shape index (κ2) is 7.68. The van der Waals surface area contributed by atoms with E-state index >= 15 is 0 Å². The van der Waals surface area contributed by atoms with E-state index in [1.165, 1.54) is 0 Å². The molecule has 0 spiro atoms. The topological polar surface area (TPSA) is 79.2 Å². The lowest BCUT2D eigenvalue weighted by atomic mass is 9.93.